The van der Waals surface area contributed by atoms with Crippen LogP contribution in [0.4, 0.5) is 0 Å². The van der Waals surface area contributed by atoms with E-state index >= 15 is 0 Å². The van der Waals surface area contributed by atoms with Crippen molar-refractivity contribution in [2.75, 3.05) is 6.54 Å². The highest BCUT2D eigenvalue weighted by Crippen LogP contribution is 2.22. The first kappa shape index (κ1) is 22.6. The highest BCUT2D eigenvalue weighted by Gasteiger charge is 2.36. The van der Waals surface area contributed by atoms with Crippen molar-refractivity contribution < 1.29 is 18.7 Å². The number of aromatic amines is 1. The van der Waals surface area contributed by atoms with E-state index in [1.807, 2.05) is 13.8 Å². The molecule has 4 rings (SSSR count). The van der Waals surface area contributed by atoms with Gasteiger partial charge in [-0.3, -0.25) is 19.1 Å². The Kier molecular flexibility index (Phi) is 6.47. The Bertz CT molecular complexity index is 1270. The van der Waals surface area contributed by atoms with Crippen molar-refractivity contribution in [2.45, 2.75) is 65.3 Å². The number of esters is 1. The van der Waals surface area contributed by atoms with Crippen molar-refractivity contribution in [1.82, 2.24) is 24.0 Å². The van der Waals surface area contributed by atoms with Crippen LogP contribution in [-0.4, -0.2) is 48.5 Å². The maximum absolute atomic E-state index is 12.8. The molecule has 0 aliphatic carbocycles. The minimum absolute atomic E-state index is 0.173. The number of hydrogen-bond donors (Lipinski definition) is 1. The summed E-state index contributed by atoms with van der Waals surface area (Å²) in [4.78, 5) is 58.6. The van der Waals surface area contributed by atoms with E-state index in [0.29, 0.717) is 38.3 Å². The number of rotatable bonds is 8. The molecule has 0 aromatic carbocycles. The lowest BCUT2D eigenvalue weighted by atomic mass is 10.2. The summed E-state index contributed by atoms with van der Waals surface area (Å²) >= 11 is 0. The largest absolute Gasteiger partial charge is 0.459 e. The molecule has 1 atom stereocenters. The number of carbonyl (C=O) groups is 2. The van der Waals surface area contributed by atoms with Crippen molar-refractivity contribution in [3.05, 3.63) is 50.8 Å². The van der Waals surface area contributed by atoms with Crippen molar-refractivity contribution >= 4 is 23.0 Å². The van der Waals surface area contributed by atoms with Crippen LogP contribution in [0.2, 0.25) is 0 Å². The van der Waals surface area contributed by atoms with E-state index < -0.39 is 23.3 Å². The maximum Gasteiger partial charge on any atom is 0.330 e. The number of aryl methyl sites for hydroxylation is 2. The quantitative estimate of drug-likeness (QED) is 0.509. The summed E-state index contributed by atoms with van der Waals surface area (Å²) in [7, 11) is 0. The zero-order valence-electron chi connectivity index (χ0n) is 18.7. The number of ether oxygens (including phenoxy) is 1. The number of amides is 1. The highest BCUT2D eigenvalue weighted by molar-refractivity contribution is 5.95. The van der Waals surface area contributed by atoms with Crippen LogP contribution in [0.25, 0.3) is 11.2 Å². The number of nitrogens with one attached hydrogen (secondary N) is 1. The fourth-order valence-electron chi connectivity index (χ4n) is 4.22. The second-order valence-corrected chi connectivity index (χ2v) is 7.95. The van der Waals surface area contributed by atoms with Gasteiger partial charge >= 0.3 is 11.7 Å². The molecule has 11 nitrogen and oxygen atoms in total. The Balaban J connectivity index is 1.57. The van der Waals surface area contributed by atoms with Crippen LogP contribution in [0.3, 0.4) is 0 Å². The molecule has 1 aliphatic heterocycles. The Morgan fingerprint density at radius 3 is 2.79 bits per heavy atom. The number of fused-ring (bicyclic) bond motifs is 1. The monoisotopic (exact) mass is 457 g/mol. The fourth-order valence-corrected chi connectivity index (χ4v) is 4.22. The molecule has 1 aliphatic rings. The first-order chi connectivity index (χ1) is 16.0. The summed E-state index contributed by atoms with van der Waals surface area (Å²) in [6.45, 7) is 4.94. The Hall–Kier alpha value is -3.63. The molecule has 1 N–H and O–H groups in total. The lowest BCUT2D eigenvalue weighted by Gasteiger charge is -2.22. The molecule has 0 radical (unpaired) electrons. The summed E-state index contributed by atoms with van der Waals surface area (Å²) in [6, 6.07) is 2.46. The standard InChI is InChI=1S/C22H27N5O6/c1-3-5-10-27-18-17(19(28)24-22(27)31)25(4-2)16(23-18)13-33-21(30)14-8-6-11-26(14)20(29)15-9-7-12-32-15/h7,9,12,14H,3-6,8,10-11,13H2,1-2H3,(H,24,28,31)/t14-/m0/s1. The molecule has 4 heterocycles. The van der Waals surface area contributed by atoms with Crippen LogP contribution in [-0.2, 0) is 29.2 Å². The third kappa shape index (κ3) is 4.22. The average Bonchev–Trinajstić information content (AvgIpc) is 3.56. The minimum atomic E-state index is -0.715. The average molecular weight is 457 g/mol. The lowest BCUT2D eigenvalue weighted by Crippen LogP contribution is -2.41. The topological polar surface area (TPSA) is 132 Å². The van der Waals surface area contributed by atoms with Gasteiger partial charge in [-0.05, 0) is 38.3 Å². The molecule has 3 aromatic heterocycles. The smallest absolute Gasteiger partial charge is 0.330 e. The van der Waals surface area contributed by atoms with E-state index in [0.717, 1.165) is 12.8 Å². The number of imidazole rings is 1. The van der Waals surface area contributed by atoms with Crippen molar-refractivity contribution in [3.63, 3.8) is 0 Å². The van der Waals surface area contributed by atoms with E-state index in [1.54, 1.807) is 16.7 Å². The molecule has 0 spiro atoms. The van der Waals surface area contributed by atoms with Crippen LogP contribution >= 0.6 is 0 Å². The molecule has 1 amide bonds. The molecule has 1 fully saturated rings. The fraction of sp³-hybridized carbons (Fsp3) is 0.500. The van der Waals surface area contributed by atoms with Gasteiger partial charge in [0.15, 0.2) is 16.9 Å². The molecule has 3 aromatic rings. The molecule has 176 valence electrons. The Morgan fingerprint density at radius 2 is 2.09 bits per heavy atom. The van der Waals surface area contributed by atoms with Gasteiger partial charge in [-0.1, -0.05) is 13.3 Å². The first-order valence-electron chi connectivity index (χ1n) is 11.2. The summed E-state index contributed by atoms with van der Waals surface area (Å²) in [5.74, 6) is -0.359. The number of nitrogens with zero attached hydrogens (tertiary/aromatic N) is 4. The van der Waals surface area contributed by atoms with Crippen LogP contribution in [0.5, 0.6) is 0 Å². The van der Waals surface area contributed by atoms with Gasteiger partial charge in [0.1, 0.15) is 18.5 Å². The van der Waals surface area contributed by atoms with E-state index in [4.69, 9.17) is 9.15 Å². The molecule has 0 unspecified atom stereocenters. The predicted octanol–water partition coefficient (Wildman–Crippen LogP) is 1.65. The normalized spacial score (nSPS) is 15.9. The van der Waals surface area contributed by atoms with Gasteiger partial charge in [-0.2, -0.15) is 0 Å². The summed E-state index contributed by atoms with van der Waals surface area (Å²) < 4.78 is 13.8. The molecular formula is C22H27N5O6. The summed E-state index contributed by atoms with van der Waals surface area (Å²) in [5.41, 5.74) is -0.487. The van der Waals surface area contributed by atoms with Gasteiger partial charge in [0.2, 0.25) is 0 Å². The number of carbonyl (C=O) groups excluding carboxylic acids is 2. The lowest BCUT2D eigenvalue weighted by molar-refractivity contribution is -0.149. The molecular weight excluding hydrogens is 430 g/mol. The van der Waals surface area contributed by atoms with Gasteiger partial charge in [0.05, 0.1) is 6.26 Å². The van der Waals surface area contributed by atoms with E-state index in [2.05, 4.69) is 9.97 Å². The molecule has 1 saturated heterocycles. The van der Waals surface area contributed by atoms with Crippen LogP contribution in [0.1, 0.15) is 55.9 Å². The number of likely N-dealkylation sites (tertiary alicyclic amines) is 1. The highest BCUT2D eigenvalue weighted by atomic mass is 16.5. The van der Waals surface area contributed by atoms with Crippen molar-refractivity contribution in [1.29, 1.82) is 0 Å². The van der Waals surface area contributed by atoms with Crippen LogP contribution in [0, 0.1) is 0 Å². The van der Waals surface area contributed by atoms with Gasteiger partial charge in [-0.25, -0.2) is 14.6 Å². The van der Waals surface area contributed by atoms with Crippen LogP contribution in [0.15, 0.2) is 32.4 Å². The molecule has 11 heteroatoms. The van der Waals surface area contributed by atoms with Crippen molar-refractivity contribution in [2.24, 2.45) is 0 Å². The summed E-state index contributed by atoms with van der Waals surface area (Å²) in [6.07, 6.45) is 4.21. The maximum atomic E-state index is 12.8. The van der Waals surface area contributed by atoms with E-state index in [-0.39, 0.29) is 29.4 Å². The number of hydrogen-bond acceptors (Lipinski definition) is 7. The number of unbranched alkanes of at least 4 members (excludes halogenated alkanes) is 1. The molecule has 33 heavy (non-hydrogen) atoms. The van der Waals surface area contributed by atoms with Gasteiger partial charge in [0, 0.05) is 19.6 Å². The minimum Gasteiger partial charge on any atom is -0.459 e. The van der Waals surface area contributed by atoms with E-state index in [9.17, 15) is 19.2 Å². The second-order valence-electron chi connectivity index (χ2n) is 7.95. The molecule has 0 saturated carbocycles. The SMILES string of the molecule is CCCCn1c(=O)[nH]c(=O)c2c1nc(COC(=O)[C@@H]1CCCN1C(=O)c1ccco1)n2CC. The van der Waals surface area contributed by atoms with Gasteiger partial charge in [0.25, 0.3) is 11.5 Å². The zero-order valence-corrected chi connectivity index (χ0v) is 18.7. The van der Waals surface area contributed by atoms with Gasteiger partial charge < -0.3 is 18.6 Å². The number of aromatic nitrogens is 4. The van der Waals surface area contributed by atoms with Crippen molar-refractivity contribution in [3.8, 4) is 0 Å². The Labute approximate surface area is 189 Å². The third-order valence-electron chi connectivity index (χ3n) is 5.88. The number of H-pyrrole nitrogens is 1. The predicted molar refractivity (Wildman–Crippen MR) is 118 cm³/mol. The Morgan fingerprint density at radius 1 is 1.27 bits per heavy atom. The van der Waals surface area contributed by atoms with Crippen LogP contribution < -0.4 is 11.2 Å². The third-order valence-corrected chi connectivity index (χ3v) is 5.88. The van der Waals surface area contributed by atoms with Gasteiger partial charge in [-0.15, -0.1) is 0 Å². The van der Waals surface area contributed by atoms with E-state index in [1.165, 1.54) is 15.7 Å². The molecule has 0 bridgehead atoms. The second kappa shape index (κ2) is 9.47. The zero-order chi connectivity index (χ0) is 23.5. The summed E-state index contributed by atoms with van der Waals surface area (Å²) in [5, 5.41) is 0. The first-order valence-corrected chi connectivity index (χ1v) is 11.2. The number of furan rings is 1.